The van der Waals surface area contributed by atoms with Gasteiger partial charge in [-0.15, -0.1) is 0 Å². The molecule has 0 atom stereocenters. The van der Waals surface area contributed by atoms with E-state index in [9.17, 15) is 13.2 Å². The van der Waals surface area contributed by atoms with E-state index in [0.29, 0.717) is 38.4 Å². The van der Waals surface area contributed by atoms with Crippen molar-refractivity contribution in [1.82, 2.24) is 24.1 Å². The van der Waals surface area contributed by atoms with E-state index in [4.69, 9.17) is 0 Å². The lowest BCUT2D eigenvalue weighted by Crippen LogP contribution is -2.52. The van der Waals surface area contributed by atoms with Crippen LogP contribution in [0.2, 0.25) is 0 Å². The van der Waals surface area contributed by atoms with Crippen molar-refractivity contribution < 1.29 is 13.2 Å². The number of aryl methyl sites for hydroxylation is 1. The monoisotopic (exact) mass is 315 g/mol. The van der Waals surface area contributed by atoms with Crippen molar-refractivity contribution in [3.8, 4) is 0 Å². The van der Waals surface area contributed by atoms with Crippen LogP contribution in [0.4, 0.5) is 4.79 Å². The highest BCUT2D eigenvalue weighted by Gasteiger charge is 2.31. The molecule has 1 aliphatic heterocycles. The minimum absolute atomic E-state index is 0.0955. The van der Waals surface area contributed by atoms with Crippen molar-refractivity contribution in [3.05, 3.63) is 12.0 Å². The third kappa shape index (κ3) is 3.18. The standard InChI is InChI=1S/C12H21N5O3S/c1-4-10-13-9-11(14-10)21(19,20)17-7-5-16(6-8-17)12(18)15(2)3/h9H,4-8H2,1-3H3,(H,13,14). The number of nitrogens with zero attached hydrogens (tertiary/aromatic N) is 4. The molecule has 0 spiro atoms. The van der Waals surface area contributed by atoms with Gasteiger partial charge >= 0.3 is 6.03 Å². The molecule has 2 heterocycles. The first kappa shape index (κ1) is 15.8. The third-order valence-corrected chi connectivity index (χ3v) is 5.26. The predicted octanol–water partition coefficient (Wildman–Crippen LogP) is -0.0400. The highest BCUT2D eigenvalue weighted by molar-refractivity contribution is 7.89. The molecule has 2 amide bonds. The molecule has 1 aromatic heterocycles. The number of hydrogen-bond donors (Lipinski definition) is 1. The van der Waals surface area contributed by atoms with Crippen molar-refractivity contribution in [2.75, 3.05) is 40.3 Å². The molecule has 1 N–H and O–H groups in total. The SMILES string of the molecule is CCc1ncc(S(=O)(=O)N2CCN(C(=O)N(C)C)CC2)[nH]1. The number of rotatable bonds is 3. The van der Waals surface area contributed by atoms with Crippen molar-refractivity contribution in [3.63, 3.8) is 0 Å². The second-order valence-corrected chi connectivity index (χ2v) is 7.02. The van der Waals surface area contributed by atoms with Crippen LogP contribution in [0.25, 0.3) is 0 Å². The number of aromatic amines is 1. The average molecular weight is 315 g/mol. The van der Waals surface area contributed by atoms with Crippen LogP contribution in [0.15, 0.2) is 11.2 Å². The Labute approximate surface area is 124 Å². The summed E-state index contributed by atoms with van der Waals surface area (Å²) >= 11 is 0. The maximum absolute atomic E-state index is 12.5. The molecule has 1 aliphatic rings. The molecule has 8 nitrogen and oxygen atoms in total. The summed E-state index contributed by atoms with van der Waals surface area (Å²) in [6, 6.07) is -0.0955. The van der Waals surface area contributed by atoms with Crippen molar-refractivity contribution in [2.45, 2.75) is 18.4 Å². The summed E-state index contributed by atoms with van der Waals surface area (Å²) in [5.41, 5.74) is 0. The fourth-order valence-electron chi connectivity index (χ4n) is 2.20. The van der Waals surface area contributed by atoms with Crippen molar-refractivity contribution >= 4 is 16.1 Å². The molecule has 1 aromatic rings. The normalized spacial score (nSPS) is 17.0. The Morgan fingerprint density at radius 2 is 1.95 bits per heavy atom. The molecule has 0 bridgehead atoms. The number of piperazine rings is 1. The van der Waals surface area contributed by atoms with Crippen LogP contribution in [-0.2, 0) is 16.4 Å². The van der Waals surface area contributed by atoms with Crippen LogP contribution < -0.4 is 0 Å². The van der Waals surface area contributed by atoms with Crippen LogP contribution in [0.5, 0.6) is 0 Å². The van der Waals surface area contributed by atoms with E-state index in [-0.39, 0.29) is 11.1 Å². The average Bonchev–Trinajstić information content (AvgIpc) is 2.96. The Bertz CT molecular complexity index is 602. The Hall–Kier alpha value is -1.61. The summed E-state index contributed by atoms with van der Waals surface area (Å²) in [7, 11) is -0.191. The Morgan fingerprint density at radius 3 is 2.43 bits per heavy atom. The first-order valence-corrected chi connectivity index (χ1v) is 8.30. The minimum Gasteiger partial charge on any atom is -0.332 e. The highest BCUT2D eigenvalue weighted by atomic mass is 32.2. The molecule has 0 unspecified atom stereocenters. The van der Waals surface area contributed by atoms with Gasteiger partial charge in [-0.1, -0.05) is 6.92 Å². The summed E-state index contributed by atoms with van der Waals surface area (Å²) < 4.78 is 26.3. The Kier molecular flexibility index (Phi) is 4.52. The number of hydrogen-bond acceptors (Lipinski definition) is 4. The van der Waals surface area contributed by atoms with Gasteiger partial charge < -0.3 is 14.8 Å². The number of urea groups is 1. The summed E-state index contributed by atoms with van der Waals surface area (Å²) in [6.45, 7) is 3.28. The van der Waals surface area contributed by atoms with E-state index in [0.717, 1.165) is 0 Å². The zero-order valence-electron chi connectivity index (χ0n) is 12.5. The summed E-state index contributed by atoms with van der Waals surface area (Å²) in [5, 5.41) is 0.117. The molecule has 0 radical (unpaired) electrons. The van der Waals surface area contributed by atoms with Gasteiger partial charge in [0.1, 0.15) is 5.82 Å². The molecule has 0 aliphatic carbocycles. The fourth-order valence-corrected chi connectivity index (χ4v) is 3.55. The van der Waals surface area contributed by atoms with E-state index >= 15 is 0 Å². The van der Waals surface area contributed by atoms with Crippen LogP contribution in [0, 0.1) is 0 Å². The van der Waals surface area contributed by atoms with Gasteiger partial charge in [0.25, 0.3) is 10.0 Å². The number of imidazole rings is 1. The van der Waals surface area contributed by atoms with Gasteiger partial charge in [-0.05, 0) is 0 Å². The first-order chi connectivity index (χ1) is 9.86. The number of aromatic nitrogens is 2. The first-order valence-electron chi connectivity index (χ1n) is 6.86. The summed E-state index contributed by atoms with van der Waals surface area (Å²) in [5.74, 6) is 0.648. The van der Waals surface area contributed by atoms with E-state index < -0.39 is 10.0 Å². The van der Waals surface area contributed by atoms with Gasteiger partial charge in [-0.2, -0.15) is 4.31 Å². The molecular weight excluding hydrogens is 294 g/mol. The second-order valence-electron chi connectivity index (χ2n) is 5.12. The molecule has 118 valence electrons. The Balaban J connectivity index is 2.06. The molecule has 21 heavy (non-hydrogen) atoms. The van der Waals surface area contributed by atoms with Gasteiger partial charge in [0, 0.05) is 46.7 Å². The molecule has 1 fully saturated rings. The van der Waals surface area contributed by atoms with Crippen LogP contribution in [0.1, 0.15) is 12.7 Å². The van der Waals surface area contributed by atoms with Crippen LogP contribution in [-0.4, -0.2) is 78.8 Å². The zero-order chi connectivity index (χ0) is 15.6. The molecule has 0 aromatic carbocycles. The quantitative estimate of drug-likeness (QED) is 0.847. The van der Waals surface area contributed by atoms with Gasteiger partial charge in [0.2, 0.25) is 0 Å². The minimum atomic E-state index is -3.56. The van der Waals surface area contributed by atoms with Gasteiger partial charge in [0.05, 0.1) is 6.20 Å². The fraction of sp³-hybridized carbons (Fsp3) is 0.667. The number of nitrogens with one attached hydrogen (secondary N) is 1. The van der Waals surface area contributed by atoms with Crippen molar-refractivity contribution in [2.24, 2.45) is 0 Å². The number of H-pyrrole nitrogens is 1. The zero-order valence-corrected chi connectivity index (χ0v) is 13.4. The van der Waals surface area contributed by atoms with Crippen LogP contribution >= 0.6 is 0 Å². The largest absolute Gasteiger partial charge is 0.332 e. The third-order valence-electron chi connectivity index (χ3n) is 3.45. The van der Waals surface area contributed by atoms with E-state index in [1.54, 1.807) is 19.0 Å². The predicted molar refractivity (Wildman–Crippen MR) is 77.4 cm³/mol. The summed E-state index contributed by atoms with van der Waals surface area (Å²) in [4.78, 5) is 21.8. The summed E-state index contributed by atoms with van der Waals surface area (Å²) in [6.07, 6.45) is 2.01. The number of carbonyl (C=O) groups is 1. The van der Waals surface area contributed by atoms with Gasteiger partial charge in [-0.3, -0.25) is 0 Å². The Morgan fingerprint density at radius 1 is 1.33 bits per heavy atom. The molecule has 0 saturated carbocycles. The van der Waals surface area contributed by atoms with Crippen molar-refractivity contribution in [1.29, 1.82) is 0 Å². The van der Waals surface area contributed by atoms with Crippen LogP contribution in [0.3, 0.4) is 0 Å². The molecule has 2 rings (SSSR count). The lowest BCUT2D eigenvalue weighted by Gasteiger charge is -2.34. The lowest BCUT2D eigenvalue weighted by molar-refractivity contribution is 0.149. The lowest BCUT2D eigenvalue weighted by atomic mass is 10.4. The second kappa shape index (κ2) is 6.02. The number of carbonyl (C=O) groups excluding carboxylic acids is 1. The molecular formula is C12H21N5O3S. The molecule has 1 saturated heterocycles. The molecule has 9 heteroatoms. The maximum Gasteiger partial charge on any atom is 0.319 e. The van der Waals surface area contributed by atoms with E-state index in [1.807, 2.05) is 6.92 Å². The highest BCUT2D eigenvalue weighted by Crippen LogP contribution is 2.16. The van der Waals surface area contributed by atoms with E-state index in [2.05, 4.69) is 9.97 Å². The van der Waals surface area contributed by atoms with E-state index in [1.165, 1.54) is 15.4 Å². The topological polar surface area (TPSA) is 89.6 Å². The number of sulfonamides is 1. The van der Waals surface area contributed by atoms with Gasteiger partial charge in [-0.25, -0.2) is 18.2 Å². The maximum atomic E-state index is 12.5. The number of amides is 2. The smallest absolute Gasteiger partial charge is 0.319 e. The van der Waals surface area contributed by atoms with Gasteiger partial charge in [0.15, 0.2) is 5.03 Å².